The van der Waals surface area contributed by atoms with Crippen LogP contribution in [-0.2, 0) is 4.79 Å². The minimum absolute atomic E-state index is 0.117. The molecule has 1 atom stereocenters. The fourth-order valence-corrected chi connectivity index (χ4v) is 1.70. The van der Waals surface area contributed by atoms with Crippen molar-refractivity contribution >= 4 is 11.5 Å². The Kier molecular flexibility index (Phi) is 2.68. The molecule has 0 aliphatic carbocycles. The van der Waals surface area contributed by atoms with Crippen LogP contribution >= 0.6 is 0 Å². The third-order valence-electron chi connectivity index (χ3n) is 2.58. The molecule has 1 N–H and O–H groups in total. The summed E-state index contributed by atoms with van der Waals surface area (Å²) in [6.07, 6.45) is -0.567. The molecule has 2 rings (SSSR count). The number of carbonyl (C=O) groups excluding carboxylic acids is 1. The normalized spacial score (nSPS) is 21.9. The maximum Gasteiger partial charge on any atom is 0.164 e. The molecule has 0 aromatic heterocycles. The van der Waals surface area contributed by atoms with E-state index in [0.717, 1.165) is 5.69 Å². The second kappa shape index (κ2) is 3.98. The molecule has 0 radical (unpaired) electrons. The van der Waals surface area contributed by atoms with Gasteiger partial charge in [-0.1, -0.05) is 0 Å². The summed E-state index contributed by atoms with van der Waals surface area (Å²) in [5, 5.41) is 9.40. The first-order chi connectivity index (χ1) is 7.16. The van der Waals surface area contributed by atoms with Crippen molar-refractivity contribution in [3.63, 3.8) is 0 Å². The summed E-state index contributed by atoms with van der Waals surface area (Å²) < 4.78 is 12.7. The van der Waals surface area contributed by atoms with E-state index in [0.29, 0.717) is 19.5 Å². The average molecular weight is 209 g/mol. The monoisotopic (exact) mass is 209 g/mol. The summed E-state index contributed by atoms with van der Waals surface area (Å²) in [6, 6.07) is 6.05. The maximum atomic E-state index is 12.7. The van der Waals surface area contributed by atoms with Gasteiger partial charge in [-0.05, 0) is 24.3 Å². The molecule has 0 saturated carbocycles. The van der Waals surface area contributed by atoms with E-state index >= 15 is 0 Å². The van der Waals surface area contributed by atoms with Gasteiger partial charge < -0.3 is 10.0 Å². The highest BCUT2D eigenvalue weighted by molar-refractivity contribution is 5.85. The molecule has 4 heteroatoms. The number of anilines is 1. The van der Waals surface area contributed by atoms with Gasteiger partial charge in [-0.25, -0.2) is 4.39 Å². The topological polar surface area (TPSA) is 40.5 Å². The lowest BCUT2D eigenvalue weighted by Gasteiger charge is -2.31. The van der Waals surface area contributed by atoms with Gasteiger partial charge in [-0.2, -0.15) is 0 Å². The fourth-order valence-electron chi connectivity index (χ4n) is 1.70. The van der Waals surface area contributed by atoms with Crippen molar-refractivity contribution in [2.24, 2.45) is 0 Å². The highest BCUT2D eigenvalue weighted by atomic mass is 19.1. The van der Waals surface area contributed by atoms with Crippen LogP contribution in [0.2, 0.25) is 0 Å². The zero-order chi connectivity index (χ0) is 10.8. The van der Waals surface area contributed by atoms with E-state index in [-0.39, 0.29) is 11.6 Å². The first-order valence-corrected chi connectivity index (χ1v) is 4.88. The molecule has 1 unspecified atom stereocenters. The molecule has 1 saturated heterocycles. The van der Waals surface area contributed by atoms with Crippen LogP contribution < -0.4 is 4.90 Å². The van der Waals surface area contributed by atoms with Crippen LogP contribution in [0.25, 0.3) is 0 Å². The Balaban J connectivity index is 2.12. The van der Waals surface area contributed by atoms with Crippen molar-refractivity contribution in [3.8, 4) is 0 Å². The zero-order valence-electron chi connectivity index (χ0n) is 8.19. The smallest absolute Gasteiger partial charge is 0.164 e. The summed E-state index contributed by atoms with van der Waals surface area (Å²) >= 11 is 0. The summed E-state index contributed by atoms with van der Waals surface area (Å²) in [5.41, 5.74) is 0.836. The first-order valence-electron chi connectivity index (χ1n) is 4.88. The van der Waals surface area contributed by atoms with Crippen LogP contribution in [0.15, 0.2) is 24.3 Å². The lowest BCUT2D eigenvalue weighted by molar-refractivity contribution is -0.127. The largest absolute Gasteiger partial charge is 0.383 e. The van der Waals surface area contributed by atoms with E-state index in [9.17, 15) is 14.3 Å². The lowest BCUT2D eigenvalue weighted by atomic mass is 10.1. The molecule has 0 bridgehead atoms. The van der Waals surface area contributed by atoms with E-state index in [1.807, 2.05) is 4.90 Å². The van der Waals surface area contributed by atoms with E-state index in [1.54, 1.807) is 12.1 Å². The third kappa shape index (κ3) is 2.15. The molecule has 3 nitrogen and oxygen atoms in total. The predicted molar refractivity (Wildman–Crippen MR) is 54.2 cm³/mol. The number of Topliss-reactive ketones (excluding diaryl/α,β-unsaturated/α-hetero) is 1. The first kappa shape index (κ1) is 10.1. The van der Waals surface area contributed by atoms with E-state index in [1.165, 1.54) is 12.1 Å². The molecular formula is C11H12FNO2. The van der Waals surface area contributed by atoms with E-state index in [2.05, 4.69) is 0 Å². The Hall–Kier alpha value is -1.42. The zero-order valence-corrected chi connectivity index (χ0v) is 8.19. The van der Waals surface area contributed by atoms with Crippen molar-refractivity contribution in [3.05, 3.63) is 30.1 Å². The van der Waals surface area contributed by atoms with Crippen molar-refractivity contribution < 1.29 is 14.3 Å². The average Bonchev–Trinajstić information content (AvgIpc) is 2.23. The third-order valence-corrected chi connectivity index (χ3v) is 2.58. The quantitative estimate of drug-likeness (QED) is 0.749. The van der Waals surface area contributed by atoms with Gasteiger partial charge in [-0.3, -0.25) is 4.79 Å². The minimum atomic E-state index is -0.913. The van der Waals surface area contributed by atoms with Gasteiger partial charge in [0.1, 0.15) is 11.9 Å². The second-order valence-corrected chi connectivity index (χ2v) is 3.65. The van der Waals surface area contributed by atoms with Crippen LogP contribution in [0, 0.1) is 5.82 Å². The Morgan fingerprint density at radius 3 is 2.60 bits per heavy atom. The number of piperidine rings is 1. The Morgan fingerprint density at radius 1 is 1.33 bits per heavy atom. The lowest BCUT2D eigenvalue weighted by Crippen LogP contribution is -2.44. The number of ketones is 1. The number of rotatable bonds is 1. The van der Waals surface area contributed by atoms with E-state index in [4.69, 9.17) is 0 Å². The minimum Gasteiger partial charge on any atom is -0.383 e. The van der Waals surface area contributed by atoms with Crippen LogP contribution in [0.5, 0.6) is 0 Å². The molecule has 0 spiro atoms. The maximum absolute atomic E-state index is 12.7. The Labute approximate surface area is 87.1 Å². The van der Waals surface area contributed by atoms with Crippen molar-refractivity contribution in [1.82, 2.24) is 0 Å². The van der Waals surface area contributed by atoms with Crippen LogP contribution in [0.4, 0.5) is 10.1 Å². The number of nitrogens with zero attached hydrogens (tertiary/aromatic N) is 1. The number of hydrogen-bond donors (Lipinski definition) is 1. The Bertz CT molecular complexity index is 363. The number of aliphatic hydroxyl groups excluding tert-OH is 1. The van der Waals surface area contributed by atoms with Gasteiger partial charge in [0.05, 0.1) is 6.54 Å². The molecule has 0 amide bonds. The summed E-state index contributed by atoms with van der Waals surface area (Å²) in [6.45, 7) is 0.881. The number of halogens is 1. The van der Waals surface area contributed by atoms with Crippen LogP contribution in [0.1, 0.15) is 6.42 Å². The summed E-state index contributed by atoms with van der Waals surface area (Å²) in [7, 11) is 0. The second-order valence-electron chi connectivity index (χ2n) is 3.65. The van der Waals surface area contributed by atoms with Gasteiger partial charge in [-0.15, -0.1) is 0 Å². The molecule has 1 aromatic rings. The number of β-amino-alcohol motifs (C(OH)–C–C–N with tert-alkyl or cyclic N) is 1. The summed E-state index contributed by atoms with van der Waals surface area (Å²) in [4.78, 5) is 13.0. The fraction of sp³-hybridized carbons (Fsp3) is 0.364. The highest BCUT2D eigenvalue weighted by Gasteiger charge is 2.24. The SMILES string of the molecule is O=C1CCN(c2ccc(F)cc2)CC1O. The van der Waals surface area contributed by atoms with Crippen molar-refractivity contribution in [1.29, 1.82) is 0 Å². The van der Waals surface area contributed by atoms with Gasteiger partial charge in [0.2, 0.25) is 0 Å². The molecule has 80 valence electrons. The Morgan fingerprint density at radius 2 is 2.00 bits per heavy atom. The molecular weight excluding hydrogens is 197 g/mol. The molecule has 1 fully saturated rings. The van der Waals surface area contributed by atoms with Crippen LogP contribution in [-0.4, -0.2) is 30.1 Å². The van der Waals surface area contributed by atoms with Gasteiger partial charge in [0, 0.05) is 18.7 Å². The van der Waals surface area contributed by atoms with Gasteiger partial charge in [0.25, 0.3) is 0 Å². The number of aliphatic hydroxyl groups is 1. The highest BCUT2D eigenvalue weighted by Crippen LogP contribution is 2.18. The van der Waals surface area contributed by atoms with Crippen molar-refractivity contribution in [2.45, 2.75) is 12.5 Å². The predicted octanol–water partition coefficient (Wildman–Crippen LogP) is 0.966. The number of hydrogen-bond acceptors (Lipinski definition) is 3. The number of benzene rings is 1. The molecule has 1 heterocycles. The standard InChI is InChI=1S/C11H12FNO2/c12-8-1-3-9(4-2-8)13-6-5-10(14)11(15)7-13/h1-4,11,15H,5-7H2. The molecule has 1 aliphatic rings. The van der Waals surface area contributed by atoms with Gasteiger partial charge in [0.15, 0.2) is 5.78 Å². The molecule has 1 aliphatic heterocycles. The van der Waals surface area contributed by atoms with Gasteiger partial charge >= 0.3 is 0 Å². The number of carbonyl (C=O) groups is 1. The van der Waals surface area contributed by atoms with E-state index < -0.39 is 6.10 Å². The summed E-state index contributed by atoms with van der Waals surface area (Å²) in [5.74, 6) is -0.402. The molecule has 1 aromatic carbocycles. The van der Waals surface area contributed by atoms with Crippen LogP contribution in [0.3, 0.4) is 0 Å². The molecule has 15 heavy (non-hydrogen) atoms. The van der Waals surface area contributed by atoms with Crippen molar-refractivity contribution in [2.75, 3.05) is 18.0 Å².